The van der Waals surface area contributed by atoms with Crippen molar-refractivity contribution in [3.8, 4) is 0 Å². The highest BCUT2D eigenvalue weighted by Gasteiger charge is 2.28. The maximum absolute atomic E-state index is 6.50. The smallest absolute Gasteiger partial charge is 0.162 e. The van der Waals surface area contributed by atoms with Crippen LogP contribution in [0.15, 0.2) is 17.3 Å². The highest BCUT2D eigenvalue weighted by molar-refractivity contribution is 7.23. The topological polar surface area (TPSA) is 0 Å². The second-order valence-electron chi connectivity index (χ2n) is 4.91. The summed E-state index contributed by atoms with van der Waals surface area (Å²) in [7, 11) is -1.63. The van der Waals surface area contributed by atoms with Gasteiger partial charge in [-0.05, 0) is 42.5 Å². The Morgan fingerprint density at radius 3 is 2.27 bits per heavy atom. The molecule has 15 heavy (non-hydrogen) atoms. The van der Waals surface area contributed by atoms with Crippen LogP contribution in [0.1, 0.15) is 22.3 Å². The number of hydrogen-bond acceptors (Lipinski definition) is 0. The van der Waals surface area contributed by atoms with E-state index in [1.165, 1.54) is 27.5 Å². The van der Waals surface area contributed by atoms with Crippen LogP contribution in [0.3, 0.4) is 0 Å². The summed E-state index contributed by atoms with van der Waals surface area (Å²) in [5.74, 6) is 0. The molecule has 2 rings (SSSR count). The van der Waals surface area contributed by atoms with Gasteiger partial charge >= 0.3 is 0 Å². The van der Waals surface area contributed by atoms with Crippen LogP contribution in [0.2, 0.25) is 13.1 Å². The van der Waals surface area contributed by atoms with Crippen LogP contribution in [-0.2, 0) is 6.42 Å². The van der Waals surface area contributed by atoms with Crippen molar-refractivity contribution in [2.45, 2.75) is 33.4 Å². The molecule has 1 aliphatic rings. The average Bonchev–Trinajstić information content (AvgIpc) is 2.56. The van der Waals surface area contributed by atoms with Gasteiger partial charge in [0.15, 0.2) is 7.38 Å². The molecule has 0 saturated carbocycles. The van der Waals surface area contributed by atoms with Crippen molar-refractivity contribution in [1.82, 2.24) is 0 Å². The Morgan fingerprint density at radius 1 is 1.13 bits per heavy atom. The largest absolute Gasteiger partial charge is 0.177 e. The first kappa shape index (κ1) is 11.0. The third kappa shape index (κ3) is 1.91. The fraction of sp³-hybridized carbons (Fsp3) is 0.385. The van der Waals surface area contributed by atoms with Crippen molar-refractivity contribution in [1.29, 1.82) is 0 Å². The Hall–Kier alpha value is -0.533. The van der Waals surface area contributed by atoms with Crippen LogP contribution in [-0.4, -0.2) is 7.38 Å². The Morgan fingerprint density at radius 2 is 1.73 bits per heavy atom. The van der Waals surface area contributed by atoms with Gasteiger partial charge in [0.1, 0.15) is 0 Å². The van der Waals surface area contributed by atoms with Crippen molar-refractivity contribution in [2.75, 3.05) is 0 Å². The molecule has 0 saturated heterocycles. The zero-order chi connectivity index (χ0) is 11.2. The van der Waals surface area contributed by atoms with E-state index in [1.54, 1.807) is 0 Å². The van der Waals surface area contributed by atoms with Crippen LogP contribution >= 0.6 is 11.1 Å². The summed E-state index contributed by atoms with van der Waals surface area (Å²) in [6.45, 7) is 8.78. The number of halogens is 1. The van der Waals surface area contributed by atoms with E-state index < -0.39 is 7.38 Å². The molecule has 0 aliphatic heterocycles. The molecular weight excluding hydrogens is 220 g/mol. The minimum Gasteiger partial charge on any atom is -0.162 e. The van der Waals surface area contributed by atoms with Crippen molar-refractivity contribution < 1.29 is 0 Å². The fourth-order valence-corrected chi connectivity index (χ4v) is 3.57. The molecule has 0 amide bonds. The quantitative estimate of drug-likeness (QED) is 0.506. The van der Waals surface area contributed by atoms with Crippen molar-refractivity contribution in [2.24, 2.45) is 0 Å². The predicted octanol–water partition coefficient (Wildman–Crippen LogP) is 4.23. The minimum atomic E-state index is -1.63. The molecule has 0 heterocycles. The summed E-state index contributed by atoms with van der Waals surface area (Å²) in [5, 5.41) is 1.47. The molecule has 0 atom stereocenters. The minimum absolute atomic E-state index is 1.07. The molecule has 1 aromatic rings. The maximum Gasteiger partial charge on any atom is 0.177 e. The lowest BCUT2D eigenvalue weighted by Gasteiger charge is -2.14. The molecule has 80 valence electrons. The van der Waals surface area contributed by atoms with Crippen LogP contribution < -0.4 is 0 Å². The van der Waals surface area contributed by atoms with Crippen molar-refractivity contribution in [3.05, 3.63) is 39.6 Å². The third-order valence-corrected chi connectivity index (χ3v) is 5.84. The molecule has 2 heteroatoms. The Labute approximate surface area is 97.7 Å². The van der Waals surface area contributed by atoms with Crippen LogP contribution in [0.4, 0.5) is 0 Å². The summed E-state index contributed by atoms with van der Waals surface area (Å²) >= 11 is 6.50. The van der Waals surface area contributed by atoms with Gasteiger partial charge in [-0.1, -0.05) is 36.5 Å². The zero-order valence-corrected chi connectivity index (χ0v) is 11.6. The van der Waals surface area contributed by atoms with Crippen molar-refractivity contribution in [3.63, 3.8) is 0 Å². The number of benzene rings is 1. The highest BCUT2D eigenvalue weighted by Crippen LogP contribution is 2.35. The molecule has 0 aromatic heterocycles. The first-order chi connectivity index (χ1) is 6.89. The van der Waals surface area contributed by atoms with E-state index in [0.717, 1.165) is 6.42 Å². The maximum atomic E-state index is 6.50. The summed E-state index contributed by atoms with van der Waals surface area (Å²) in [5.41, 5.74) is 5.69. The number of aryl methyl sites for hydroxylation is 2. The lowest BCUT2D eigenvalue weighted by molar-refractivity contribution is 1.20. The molecule has 0 bridgehead atoms. The predicted molar refractivity (Wildman–Crippen MR) is 70.9 cm³/mol. The number of allylic oxidation sites excluding steroid dienone is 1. The normalized spacial score (nSPS) is 15.1. The molecule has 0 unspecified atom stereocenters. The molecule has 0 fully saturated rings. The second kappa shape index (κ2) is 3.50. The molecule has 0 radical (unpaired) electrons. The monoisotopic (exact) mass is 236 g/mol. The first-order valence-corrected chi connectivity index (χ1v) is 9.40. The average molecular weight is 237 g/mol. The highest BCUT2D eigenvalue weighted by atomic mass is 35.6. The molecule has 0 spiro atoms. The van der Waals surface area contributed by atoms with Crippen LogP contribution in [0.25, 0.3) is 6.08 Å². The van der Waals surface area contributed by atoms with Crippen molar-refractivity contribution >= 4 is 24.5 Å². The molecule has 0 nitrogen and oxygen atoms in total. The van der Waals surface area contributed by atoms with Gasteiger partial charge in [-0.2, -0.15) is 11.1 Å². The van der Waals surface area contributed by atoms with Gasteiger partial charge in [-0.25, -0.2) is 0 Å². The van der Waals surface area contributed by atoms with E-state index in [-0.39, 0.29) is 0 Å². The van der Waals surface area contributed by atoms with Gasteiger partial charge in [0.25, 0.3) is 0 Å². The lowest BCUT2D eigenvalue weighted by Crippen LogP contribution is -2.20. The first-order valence-electron chi connectivity index (χ1n) is 5.38. The molecule has 0 N–H and O–H groups in total. The van der Waals surface area contributed by atoms with Crippen LogP contribution in [0.5, 0.6) is 0 Å². The van der Waals surface area contributed by atoms with E-state index in [0.29, 0.717) is 0 Å². The lowest BCUT2D eigenvalue weighted by atomic mass is 10.00. The van der Waals surface area contributed by atoms with E-state index in [2.05, 4.69) is 45.2 Å². The molecule has 1 aromatic carbocycles. The summed E-state index contributed by atoms with van der Waals surface area (Å²) in [6, 6.07) is 4.42. The SMILES string of the molecule is Cc1ccc(C)c2c1C=C([Si](C)(C)Cl)C2. The number of fused-ring (bicyclic) bond motifs is 1. The standard InChI is InChI=1S/C13H17ClSi/c1-9-5-6-10(2)13-8-11(7-12(9)13)15(3,4)14/h5-7H,8H2,1-4H3. The number of rotatable bonds is 1. The van der Waals surface area contributed by atoms with E-state index in [1.807, 2.05) is 0 Å². The van der Waals surface area contributed by atoms with Gasteiger partial charge in [0.2, 0.25) is 0 Å². The van der Waals surface area contributed by atoms with E-state index in [9.17, 15) is 0 Å². The summed E-state index contributed by atoms with van der Waals surface area (Å²) in [6.07, 6.45) is 3.41. The Balaban J connectivity index is 2.51. The Kier molecular flexibility index (Phi) is 2.56. The summed E-state index contributed by atoms with van der Waals surface area (Å²) in [4.78, 5) is 0. The second-order valence-corrected chi connectivity index (χ2v) is 11.3. The third-order valence-electron chi connectivity index (χ3n) is 3.26. The molecular formula is C13H17ClSi. The van der Waals surface area contributed by atoms with Gasteiger partial charge in [0.05, 0.1) is 0 Å². The van der Waals surface area contributed by atoms with Gasteiger partial charge in [-0.3, -0.25) is 0 Å². The van der Waals surface area contributed by atoms with Gasteiger partial charge < -0.3 is 0 Å². The molecule has 1 aliphatic carbocycles. The van der Waals surface area contributed by atoms with E-state index in [4.69, 9.17) is 11.1 Å². The Bertz CT molecular complexity index is 439. The van der Waals surface area contributed by atoms with E-state index >= 15 is 0 Å². The van der Waals surface area contributed by atoms with Crippen LogP contribution in [0, 0.1) is 13.8 Å². The van der Waals surface area contributed by atoms with Gasteiger partial charge in [0, 0.05) is 0 Å². The van der Waals surface area contributed by atoms with Gasteiger partial charge in [-0.15, -0.1) is 0 Å². The zero-order valence-electron chi connectivity index (χ0n) is 9.82. The summed E-state index contributed by atoms with van der Waals surface area (Å²) < 4.78 is 0. The fourth-order valence-electron chi connectivity index (χ4n) is 2.12. The number of hydrogen-bond donors (Lipinski definition) is 0.